The molecule has 2 atom stereocenters. The summed E-state index contributed by atoms with van der Waals surface area (Å²) in [5, 5.41) is 0. The molecule has 3 heterocycles. The molecule has 6 nitrogen and oxygen atoms in total. The van der Waals surface area contributed by atoms with E-state index in [0.29, 0.717) is 19.2 Å². The van der Waals surface area contributed by atoms with Crippen molar-refractivity contribution >= 4 is 5.91 Å². The van der Waals surface area contributed by atoms with Gasteiger partial charge in [0.25, 0.3) is 0 Å². The maximum Gasteiger partial charge on any atom is 0.249 e. The normalized spacial score (nSPS) is 31.9. The number of hydrogen-bond acceptors (Lipinski definition) is 5. The van der Waals surface area contributed by atoms with Gasteiger partial charge in [-0.25, -0.2) is 0 Å². The fourth-order valence-corrected chi connectivity index (χ4v) is 3.97. The number of morpholine rings is 1. The maximum atomic E-state index is 12.2. The lowest BCUT2D eigenvalue weighted by Gasteiger charge is -2.40. The van der Waals surface area contributed by atoms with E-state index in [1.54, 1.807) is 7.11 Å². The minimum atomic E-state index is 0.109. The van der Waals surface area contributed by atoms with Crippen molar-refractivity contribution in [3.63, 3.8) is 0 Å². The highest BCUT2D eigenvalue weighted by Crippen LogP contribution is 2.26. The molecule has 0 N–H and O–H groups in total. The highest BCUT2D eigenvalue weighted by atomic mass is 16.5. The van der Waals surface area contributed by atoms with E-state index in [4.69, 9.17) is 14.2 Å². The Morgan fingerprint density at radius 1 is 1.18 bits per heavy atom. The first kappa shape index (κ1) is 16.2. The molecule has 0 aromatic heterocycles. The Morgan fingerprint density at radius 3 is 2.73 bits per heavy atom. The topological polar surface area (TPSA) is 51.2 Å². The fourth-order valence-electron chi connectivity index (χ4n) is 3.97. The molecule has 1 amide bonds. The second kappa shape index (κ2) is 7.73. The predicted octanol–water partition coefficient (Wildman–Crippen LogP) is 0.504. The quantitative estimate of drug-likeness (QED) is 0.757. The number of amides is 1. The summed E-state index contributed by atoms with van der Waals surface area (Å²) in [5.41, 5.74) is 0. The van der Waals surface area contributed by atoms with E-state index in [1.807, 2.05) is 4.90 Å². The number of likely N-dealkylation sites (tertiary alicyclic amines) is 1. The molecule has 22 heavy (non-hydrogen) atoms. The van der Waals surface area contributed by atoms with Gasteiger partial charge < -0.3 is 24.0 Å². The van der Waals surface area contributed by atoms with Crippen molar-refractivity contribution in [3.05, 3.63) is 0 Å². The largest absolute Gasteiger partial charge is 0.383 e. The number of fused-ring (bicyclic) bond motifs is 1. The predicted molar refractivity (Wildman–Crippen MR) is 81.8 cm³/mol. The molecule has 0 aromatic rings. The van der Waals surface area contributed by atoms with Crippen LogP contribution in [0, 0.1) is 0 Å². The highest BCUT2D eigenvalue weighted by molar-refractivity contribution is 5.78. The molecule has 3 rings (SSSR count). The lowest BCUT2D eigenvalue weighted by Crippen LogP contribution is -2.55. The Kier molecular flexibility index (Phi) is 5.68. The fraction of sp³-hybridized carbons (Fsp3) is 0.938. The molecule has 0 bridgehead atoms. The minimum Gasteiger partial charge on any atom is -0.383 e. The first-order valence-electron chi connectivity index (χ1n) is 8.51. The van der Waals surface area contributed by atoms with Crippen LogP contribution in [-0.4, -0.2) is 87.1 Å². The van der Waals surface area contributed by atoms with Gasteiger partial charge in [0.15, 0.2) is 0 Å². The summed E-state index contributed by atoms with van der Waals surface area (Å²) in [6, 6.07) is 0.846. The van der Waals surface area contributed by atoms with E-state index < -0.39 is 0 Å². The molecule has 3 aliphatic heterocycles. The molecule has 0 aliphatic carbocycles. The van der Waals surface area contributed by atoms with Gasteiger partial charge in [-0.1, -0.05) is 0 Å². The van der Waals surface area contributed by atoms with E-state index in [2.05, 4.69) is 4.90 Å². The summed E-state index contributed by atoms with van der Waals surface area (Å²) in [7, 11) is 1.68. The molecule has 3 fully saturated rings. The number of ether oxygens (including phenoxy) is 3. The van der Waals surface area contributed by atoms with Crippen LogP contribution in [-0.2, 0) is 19.0 Å². The Morgan fingerprint density at radius 2 is 1.95 bits per heavy atom. The lowest BCUT2D eigenvalue weighted by molar-refractivity contribution is -0.158. The van der Waals surface area contributed by atoms with E-state index in [9.17, 15) is 4.79 Å². The third-order valence-corrected chi connectivity index (χ3v) is 5.23. The van der Waals surface area contributed by atoms with Crippen LogP contribution in [0.2, 0.25) is 0 Å². The van der Waals surface area contributed by atoms with Crippen LogP contribution < -0.4 is 0 Å². The zero-order chi connectivity index (χ0) is 15.4. The standard InChI is InChI=1S/C16H28N2O4/c1-20-11-8-18-14-2-6-17(13-4-9-21-10-5-13)7-3-15(14)22-12-16(18)19/h13-15H,2-12H2,1H3/t14-,15-/m0/s1. The van der Waals surface area contributed by atoms with E-state index in [-0.39, 0.29) is 24.7 Å². The molecule has 126 valence electrons. The van der Waals surface area contributed by atoms with Gasteiger partial charge in [-0.05, 0) is 25.7 Å². The Bertz CT molecular complexity index is 373. The molecular formula is C16H28N2O4. The molecule has 0 aromatic carbocycles. The van der Waals surface area contributed by atoms with Crippen molar-refractivity contribution in [1.29, 1.82) is 0 Å². The summed E-state index contributed by atoms with van der Waals surface area (Å²) in [5.74, 6) is 0.109. The number of methoxy groups -OCH3 is 1. The number of hydrogen-bond donors (Lipinski definition) is 0. The van der Waals surface area contributed by atoms with Crippen LogP contribution in [0.1, 0.15) is 25.7 Å². The van der Waals surface area contributed by atoms with Gasteiger partial charge in [0.05, 0.1) is 18.8 Å². The average Bonchev–Trinajstić information content (AvgIpc) is 2.77. The number of carbonyl (C=O) groups excluding carboxylic acids is 1. The average molecular weight is 312 g/mol. The van der Waals surface area contributed by atoms with Crippen molar-refractivity contribution in [2.75, 3.05) is 53.2 Å². The molecular weight excluding hydrogens is 284 g/mol. The first-order valence-corrected chi connectivity index (χ1v) is 8.51. The van der Waals surface area contributed by atoms with Crippen LogP contribution in [0.3, 0.4) is 0 Å². The van der Waals surface area contributed by atoms with Crippen LogP contribution >= 0.6 is 0 Å². The summed E-state index contributed by atoms with van der Waals surface area (Å²) in [6.45, 7) is 5.37. The number of nitrogens with zero attached hydrogens (tertiary/aromatic N) is 2. The van der Waals surface area contributed by atoms with Gasteiger partial charge in [0.2, 0.25) is 5.91 Å². The highest BCUT2D eigenvalue weighted by Gasteiger charge is 2.39. The third-order valence-electron chi connectivity index (χ3n) is 5.23. The van der Waals surface area contributed by atoms with E-state index in [0.717, 1.165) is 52.0 Å². The van der Waals surface area contributed by atoms with Gasteiger partial charge in [-0.15, -0.1) is 0 Å². The molecule has 6 heteroatoms. The lowest BCUT2D eigenvalue weighted by atomic mass is 10.0. The van der Waals surface area contributed by atoms with Gasteiger partial charge in [-0.3, -0.25) is 4.79 Å². The maximum absolute atomic E-state index is 12.2. The van der Waals surface area contributed by atoms with Crippen LogP contribution in [0.4, 0.5) is 0 Å². The molecule has 3 aliphatic rings. The Hall–Kier alpha value is -0.690. The zero-order valence-electron chi connectivity index (χ0n) is 13.5. The van der Waals surface area contributed by atoms with Crippen LogP contribution in [0.15, 0.2) is 0 Å². The zero-order valence-corrected chi connectivity index (χ0v) is 13.5. The summed E-state index contributed by atoms with van der Waals surface area (Å²) >= 11 is 0. The van der Waals surface area contributed by atoms with Crippen molar-refractivity contribution in [3.8, 4) is 0 Å². The molecule has 3 saturated heterocycles. The van der Waals surface area contributed by atoms with Gasteiger partial charge >= 0.3 is 0 Å². The monoisotopic (exact) mass is 312 g/mol. The Balaban J connectivity index is 1.62. The summed E-state index contributed by atoms with van der Waals surface area (Å²) in [6.07, 6.45) is 4.45. The Labute approximate surface area is 132 Å². The molecule has 0 radical (unpaired) electrons. The molecule has 0 unspecified atom stereocenters. The number of rotatable bonds is 4. The van der Waals surface area contributed by atoms with Gasteiger partial charge in [0.1, 0.15) is 6.61 Å². The van der Waals surface area contributed by atoms with Crippen molar-refractivity contribution in [2.24, 2.45) is 0 Å². The summed E-state index contributed by atoms with van der Waals surface area (Å²) in [4.78, 5) is 16.7. The second-order valence-electron chi connectivity index (χ2n) is 6.45. The van der Waals surface area contributed by atoms with E-state index >= 15 is 0 Å². The SMILES string of the molecule is COCCN1C(=O)CO[C@H]2CCN(C3CCOCC3)CC[C@@H]21. The van der Waals surface area contributed by atoms with Crippen molar-refractivity contribution in [1.82, 2.24) is 9.80 Å². The second-order valence-corrected chi connectivity index (χ2v) is 6.45. The van der Waals surface area contributed by atoms with Crippen molar-refractivity contribution < 1.29 is 19.0 Å². The first-order chi connectivity index (χ1) is 10.8. The van der Waals surface area contributed by atoms with E-state index in [1.165, 1.54) is 0 Å². The molecule has 0 spiro atoms. The van der Waals surface area contributed by atoms with Crippen LogP contribution in [0.25, 0.3) is 0 Å². The van der Waals surface area contributed by atoms with Crippen molar-refractivity contribution in [2.45, 2.75) is 43.9 Å². The number of carbonyl (C=O) groups is 1. The van der Waals surface area contributed by atoms with Crippen LogP contribution in [0.5, 0.6) is 0 Å². The van der Waals surface area contributed by atoms with Gasteiger partial charge in [0, 0.05) is 46.0 Å². The van der Waals surface area contributed by atoms with Gasteiger partial charge in [-0.2, -0.15) is 0 Å². The smallest absolute Gasteiger partial charge is 0.249 e. The molecule has 0 saturated carbocycles. The summed E-state index contributed by atoms with van der Waals surface area (Å²) < 4.78 is 16.5. The third kappa shape index (κ3) is 3.62. The minimum absolute atomic E-state index is 0.109.